The third kappa shape index (κ3) is 5.42. The Balaban J connectivity index is 1.34. The molecule has 3 aromatic rings. The molecule has 2 saturated heterocycles. The van der Waals surface area contributed by atoms with Gasteiger partial charge in [-0.1, -0.05) is 54.6 Å². The summed E-state index contributed by atoms with van der Waals surface area (Å²) in [5, 5.41) is 0. The first-order valence-corrected chi connectivity index (χ1v) is 14.0. The highest BCUT2D eigenvalue weighted by atomic mass is 16.7. The van der Waals surface area contributed by atoms with Crippen LogP contribution in [0.15, 0.2) is 78.9 Å². The average molecular weight is 542 g/mol. The van der Waals surface area contributed by atoms with Crippen molar-refractivity contribution in [2.24, 2.45) is 0 Å². The molecule has 0 amide bonds. The van der Waals surface area contributed by atoms with E-state index in [0.717, 1.165) is 16.5 Å². The molecule has 2 aliphatic heterocycles. The lowest BCUT2D eigenvalue weighted by molar-refractivity contribution is -0.105. The molecule has 0 aliphatic carbocycles. The molecule has 0 spiro atoms. The fourth-order valence-electron chi connectivity index (χ4n) is 4.67. The molecule has 40 heavy (non-hydrogen) atoms. The molecule has 0 N–H and O–H groups in total. The second kappa shape index (κ2) is 9.95. The van der Waals surface area contributed by atoms with E-state index in [1.54, 1.807) is 0 Å². The van der Waals surface area contributed by atoms with Gasteiger partial charge in [-0.15, -0.1) is 0 Å². The molecule has 3 aromatic carbocycles. The molecule has 0 radical (unpaired) electrons. The fourth-order valence-corrected chi connectivity index (χ4v) is 4.67. The van der Waals surface area contributed by atoms with Gasteiger partial charge in [0.25, 0.3) is 5.79 Å². The second-order valence-corrected chi connectivity index (χ2v) is 12.8. The van der Waals surface area contributed by atoms with Crippen molar-refractivity contribution in [3.63, 3.8) is 0 Å². The van der Waals surface area contributed by atoms with Gasteiger partial charge in [-0.25, -0.2) is 0 Å². The molecule has 2 aliphatic rings. The first kappa shape index (κ1) is 28.7. The van der Waals surface area contributed by atoms with Crippen LogP contribution in [-0.2, 0) is 24.4 Å². The molecule has 0 saturated carbocycles. The van der Waals surface area contributed by atoms with Crippen molar-refractivity contribution in [1.82, 2.24) is 0 Å². The SMILES string of the molecule is CC(Oc1ccc(B2OC(C)(C)C(C)(C)O2)cc1)(Oc1ccc(B2OC(C)(C)C(C)(C)O2)cc1)c1ccccc1. The summed E-state index contributed by atoms with van der Waals surface area (Å²) < 4.78 is 37.9. The number of hydrogen-bond acceptors (Lipinski definition) is 6. The highest BCUT2D eigenvalue weighted by Gasteiger charge is 2.52. The van der Waals surface area contributed by atoms with Crippen LogP contribution >= 0.6 is 0 Å². The van der Waals surface area contributed by atoms with Gasteiger partial charge in [-0.3, -0.25) is 0 Å². The zero-order valence-electron chi connectivity index (χ0n) is 25.1. The number of ether oxygens (including phenoxy) is 2. The summed E-state index contributed by atoms with van der Waals surface area (Å²) in [5.74, 6) is 0.250. The van der Waals surface area contributed by atoms with Gasteiger partial charge in [-0.2, -0.15) is 0 Å². The maximum atomic E-state index is 6.52. The van der Waals surface area contributed by atoms with Gasteiger partial charge in [0.1, 0.15) is 11.5 Å². The van der Waals surface area contributed by atoms with Gasteiger partial charge in [-0.05, 0) is 90.6 Å². The van der Waals surface area contributed by atoms with E-state index in [0.29, 0.717) is 11.5 Å². The Morgan fingerprint density at radius 3 is 1.15 bits per heavy atom. The lowest BCUT2D eigenvalue weighted by Crippen LogP contribution is -2.41. The van der Waals surface area contributed by atoms with Crippen LogP contribution in [0, 0.1) is 0 Å². The summed E-state index contributed by atoms with van der Waals surface area (Å²) >= 11 is 0. The Bertz CT molecular complexity index is 1210. The van der Waals surface area contributed by atoms with E-state index in [1.807, 2.05) is 85.8 Å². The quantitative estimate of drug-likeness (QED) is 0.286. The molecule has 0 aromatic heterocycles. The third-order valence-corrected chi connectivity index (χ3v) is 8.73. The molecule has 6 nitrogen and oxygen atoms in total. The summed E-state index contributed by atoms with van der Waals surface area (Å²) in [6, 6.07) is 25.5. The minimum Gasteiger partial charge on any atom is -0.448 e. The van der Waals surface area contributed by atoms with E-state index >= 15 is 0 Å². The van der Waals surface area contributed by atoms with Gasteiger partial charge in [0.05, 0.1) is 22.4 Å². The molecular formula is C32H40B2O6. The zero-order valence-corrected chi connectivity index (χ0v) is 25.1. The normalized spacial score (nSPS) is 20.9. The molecule has 0 bridgehead atoms. The van der Waals surface area contributed by atoms with Crippen molar-refractivity contribution in [3.8, 4) is 11.5 Å². The Labute approximate surface area is 239 Å². The Morgan fingerprint density at radius 2 is 0.825 bits per heavy atom. The van der Waals surface area contributed by atoms with Gasteiger partial charge in [0, 0.05) is 12.5 Å². The van der Waals surface area contributed by atoms with Crippen LogP contribution in [0.1, 0.15) is 67.9 Å². The van der Waals surface area contributed by atoms with Crippen molar-refractivity contribution < 1.29 is 28.1 Å². The van der Waals surface area contributed by atoms with Crippen molar-refractivity contribution >= 4 is 25.2 Å². The smallest absolute Gasteiger partial charge is 0.448 e. The van der Waals surface area contributed by atoms with E-state index in [-0.39, 0.29) is 0 Å². The molecule has 0 unspecified atom stereocenters. The monoisotopic (exact) mass is 542 g/mol. The van der Waals surface area contributed by atoms with E-state index < -0.39 is 42.4 Å². The Kier molecular flexibility index (Phi) is 7.15. The predicted molar refractivity (Wildman–Crippen MR) is 159 cm³/mol. The predicted octanol–water partition coefficient (Wildman–Crippen LogP) is 5.62. The molecule has 0 atom stereocenters. The molecule has 2 heterocycles. The molecule has 2 fully saturated rings. The van der Waals surface area contributed by atoms with E-state index in [2.05, 4.69) is 55.4 Å². The molecule has 210 valence electrons. The van der Waals surface area contributed by atoms with Crippen molar-refractivity contribution in [2.45, 2.75) is 90.5 Å². The summed E-state index contributed by atoms with van der Waals surface area (Å²) in [5.41, 5.74) is 1.17. The van der Waals surface area contributed by atoms with Crippen LogP contribution in [0.2, 0.25) is 0 Å². The van der Waals surface area contributed by atoms with Crippen LogP contribution in [0.25, 0.3) is 0 Å². The third-order valence-electron chi connectivity index (χ3n) is 8.73. The van der Waals surface area contributed by atoms with E-state index in [9.17, 15) is 0 Å². The maximum Gasteiger partial charge on any atom is 0.494 e. The first-order chi connectivity index (χ1) is 18.6. The lowest BCUT2D eigenvalue weighted by atomic mass is 9.79. The Hall–Kier alpha value is -2.77. The lowest BCUT2D eigenvalue weighted by Gasteiger charge is -2.32. The summed E-state index contributed by atoms with van der Waals surface area (Å²) in [4.78, 5) is 0. The summed E-state index contributed by atoms with van der Waals surface area (Å²) in [6.07, 6.45) is 0. The van der Waals surface area contributed by atoms with Crippen LogP contribution in [0.5, 0.6) is 11.5 Å². The van der Waals surface area contributed by atoms with Gasteiger partial charge in [0.2, 0.25) is 0 Å². The Morgan fingerprint density at radius 1 is 0.500 bits per heavy atom. The van der Waals surface area contributed by atoms with Gasteiger partial charge in [0.15, 0.2) is 0 Å². The fraction of sp³-hybridized carbons (Fsp3) is 0.438. The van der Waals surface area contributed by atoms with Gasteiger partial charge < -0.3 is 28.1 Å². The molecule has 5 rings (SSSR count). The van der Waals surface area contributed by atoms with Crippen molar-refractivity contribution in [1.29, 1.82) is 0 Å². The average Bonchev–Trinajstić information content (AvgIpc) is 3.24. The zero-order chi connectivity index (χ0) is 29.0. The number of rotatable bonds is 7. The highest BCUT2D eigenvalue weighted by molar-refractivity contribution is 6.62. The maximum absolute atomic E-state index is 6.52. The number of benzene rings is 3. The largest absolute Gasteiger partial charge is 0.494 e. The summed E-state index contributed by atoms with van der Waals surface area (Å²) in [7, 11) is -0.864. The van der Waals surface area contributed by atoms with Gasteiger partial charge >= 0.3 is 14.2 Å². The van der Waals surface area contributed by atoms with E-state index in [1.165, 1.54) is 0 Å². The van der Waals surface area contributed by atoms with E-state index in [4.69, 9.17) is 28.1 Å². The minimum atomic E-state index is -1.08. The van der Waals surface area contributed by atoms with Crippen LogP contribution in [0.4, 0.5) is 0 Å². The van der Waals surface area contributed by atoms with Crippen LogP contribution < -0.4 is 20.4 Å². The van der Waals surface area contributed by atoms with Crippen LogP contribution in [-0.4, -0.2) is 36.6 Å². The molecule has 8 heteroatoms. The minimum absolute atomic E-state index is 0.398. The van der Waals surface area contributed by atoms with Crippen molar-refractivity contribution in [3.05, 3.63) is 84.4 Å². The summed E-state index contributed by atoms with van der Waals surface area (Å²) in [6.45, 7) is 18.3. The van der Waals surface area contributed by atoms with Crippen LogP contribution in [0.3, 0.4) is 0 Å². The number of hydrogen-bond donors (Lipinski definition) is 0. The standard InChI is InChI=1S/C32H40B2O6/c1-28(2)29(3,4)38-33(37-28)24-15-19-26(20-16-24)35-32(9,23-13-11-10-12-14-23)36-27-21-17-25(18-22-27)34-39-30(5,6)31(7,8)40-34/h10-22H,1-9H3. The molecular weight excluding hydrogens is 502 g/mol. The second-order valence-electron chi connectivity index (χ2n) is 12.8. The topological polar surface area (TPSA) is 55.4 Å². The van der Waals surface area contributed by atoms with Crippen molar-refractivity contribution in [2.75, 3.05) is 0 Å². The highest BCUT2D eigenvalue weighted by Crippen LogP contribution is 2.38. The first-order valence-electron chi connectivity index (χ1n) is 14.0.